The Morgan fingerprint density at radius 1 is 1.58 bits per heavy atom. The Morgan fingerprint density at radius 2 is 2.37 bits per heavy atom. The number of pyridine rings is 1. The molecule has 1 N–H and O–H groups in total. The number of carbonyl (C=O) groups excluding carboxylic acids is 1. The van der Waals surface area contributed by atoms with E-state index in [0.29, 0.717) is 23.4 Å². The van der Waals surface area contributed by atoms with E-state index in [2.05, 4.69) is 20.4 Å². The highest BCUT2D eigenvalue weighted by molar-refractivity contribution is 6.30. The number of hydrogen-bond acceptors (Lipinski definition) is 5. The number of nitrogens with one attached hydrogen (secondary N) is 1. The largest absolute Gasteiger partial charge is 0.477 e. The second-order valence-corrected chi connectivity index (χ2v) is 4.03. The van der Waals surface area contributed by atoms with E-state index in [1.807, 2.05) is 6.92 Å². The van der Waals surface area contributed by atoms with Gasteiger partial charge in [0.2, 0.25) is 5.88 Å². The van der Waals surface area contributed by atoms with E-state index < -0.39 is 0 Å². The van der Waals surface area contributed by atoms with Gasteiger partial charge in [0.25, 0.3) is 5.91 Å². The Morgan fingerprint density at radius 3 is 3.05 bits per heavy atom. The Bertz CT molecular complexity index is 599. The first kappa shape index (κ1) is 13.6. The van der Waals surface area contributed by atoms with Gasteiger partial charge < -0.3 is 4.74 Å². The van der Waals surface area contributed by atoms with Gasteiger partial charge in [-0.1, -0.05) is 11.6 Å². The Hall–Kier alpha value is -1.86. The molecule has 0 fully saturated rings. The summed E-state index contributed by atoms with van der Waals surface area (Å²) in [4.78, 5) is 20.1. The SMILES string of the molecule is CCOc1nc(Cl)cc2c1cnn2CC(=O)NOC. The topological polar surface area (TPSA) is 78.3 Å². The Kier molecular flexibility index (Phi) is 4.18. The molecule has 0 aromatic carbocycles. The van der Waals surface area contributed by atoms with Gasteiger partial charge in [-0.3, -0.25) is 14.3 Å². The summed E-state index contributed by atoms with van der Waals surface area (Å²) in [5, 5.41) is 5.11. The van der Waals surface area contributed by atoms with E-state index in [-0.39, 0.29) is 17.6 Å². The van der Waals surface area contributed by atoms with Crippen molar-refractivity contribution in [3.63, 3.8) is 0 Å². The fourth-order valence-electron chi connectivity index (χ4n) is 1.67. The van der Waals surface area contributed by atoms with Crippen LogP contribution in [0.2, 0.25) is 5.15 Å². The van der Waals surface area contributed by atoms with Crippen molar-refractivity contribution in [3.8, 4) is 5.88 Å². The smallest absolute Gasteiger partial charge is 0.265 e. The highest BCUT2D eigenvalue weighted by Crippen LogP contribution is 2.26. The van der Waals surface area contributed by atoms with Gasteiger partial charge in [0.05, 0.1) is 30.8 Å². The molecule has 102 valence electrons. The summed E-state index contributed by atoms with van der Waals surface area (Å²) in [6.07, 6.45) is 1.59. The number of ether oxygens (including phenoxy) is 1. The third-order valence-electron chi connectivity index (χ3n) is 2.37. The Labute approximate surface area is 114 Å². The van der Waals surface area contributed by atoms with Gasteiger partial charge in [-0.2, -0.15) is 5.10 Å². The predicted molar refractivity (Wildman–Crippen MR) is 68.9 cm³/mol. The molecule has 0 aliphatic carbocycles. The maximum Gasteiger partial charge on any atom is 0.265 e. The summed E-state index contributed by atoms with van der Waals surface area (Å²) in [6, 6.07) is 1.63. The number of hydroxylamine groups is 1. The van der Waals surface area contributed by atoms with E-state index in [9.17, 15) is 4.79 Å². The summed E-state index contributed by atoms with van der Waals surface area (Å²) >= 11 is 5.93. The van der Waals surface area contributed by atoms with E-state index in [1.54, 1.807) is 12.3 Å². The molecule has 2 heterocycles. The van der Waals surface area contributed by atoms with Crippen LogP contribution >= 0.6 is 11.6 Å². The van der Waals surface area contributed by atoms with E-state index in [4.69, 9.17) is 16.3 Å². The van der Waals surface area contributed by atoms with Gasteiger partial charge in [-0.15, -0.1) is 0 Å². The van der Waals surface area contributed by atoms with Crippen LogP contribution in [0.3, 0.4) is 0 Å². The number of nitrogens with zero attached hydrogens (tertiary/aromatic N) is 3. The molecule has 2 rings (SSSR count). The summed E-state index contributed by atoms with van der Waals surface area (Å²) in [7, 11) is 1.37. The summed E-state index contributed by atoms with van der Waals surface area (Å²) in [6.45, 7) is 2.34. The minimum Gasteiger partial charge on any atom is -0.477 e. The third kappa shape index (κ3) is 2.94. The molecule has 19 heavy (non-hydrogen) atoms. The first-order valence-corrected chi connectivity index (χ1v) is 6.00. The molecule has 0 atom stereocenters. The summed E-state index contributed by atoms with van der Waals surface area (Å²) in [5.41, 5.74) is 2.90. The molecule has 0 spiro atoms. The van der Waals surface area contributed by atoms with Crippen LogP contribution in [0.25, 0.3) is 10.9 Å². The van der Waals surface area contributed by atoms with Gasteiger partial charge >= 0.3 is 0 Å². The third-order valence-corrected chi connectivity index (χ3v) is 2.56. The normalized spacial score (nSPS) is 10.7. The maximum absolute atomic E-state index is 11.5. The van der Waals surface area contributed by atoms with Crippen molar-refractivity contribution in [2.75, 3.05) is 13.7 Å². The van der Waals surface area contributed by atoms with Gasteiger partial charge in [-0.25, -0.2) is 10.5 Å². The monoisotopic (exact) mass is 284 g/mol. The van der Waals surface area contributed by atoms with Crippen molar-refractivity contribution in [2.45, 2.75) is 13.5 Å². The average Bonchev–Trinajstić information content (AvgIpc) is 2.73. The molecule has 0 aliphatic heterocycles. The minimum absolute atomic E-state index is 0.0171. The minimum atomic E-state index is -0.321. The Balaban J connectivity index is 2.39. The number of carbonyl (C=O) groups is 1. The fourth-order valence-corrected chi connectivity index (χ4v) is 1.85. The second-order valence-electron chi connectivity index (χ2n) is 3.65. The average molecular weight is 285 g/mol. The van der Waals surface area contributed by atoms with Crippen LogP contribution in [0.4, 0.5) is 0 Å². The molecular formula is C11H13ClN4O3. The zero-order valence-electron chi connectivity index (χ0n) is 10.5. The van der Waals surface area contributed by atoms with Crippen LogP contribution < -0.4 is 10.2 Å². The highest BCUT2D eigenvalue weighted by atomic mass is 35.5. The van der Waals surface area contributed by atoms with E-state index >= 15 is 0 Å². The molecule has 1 amide bonds. The maximum atomic E-state index is 11.5. The number of fused-ring (bicyclic) bond motifs is 1. The van der Waals surface area contributed by atoms with Crippen molar-refractivity contribution < 1.29 is 14.4 Å². The van der Waals surface area contributed by atoms with Crippen LogP contribution in [0.1, 0.15) is 6.92 Å². The molecule has 0 aliphatic rings. The van der Waals surface area contributed by atoms with Crippen LogP contribution in [0.15, 0.2) is 12.3 Å². The lowest BCUT2D eigenvalue weighted by Crippen LogP contribution is -2.26. The first-order chi connectivity index (χ1) is 9.15. The number of aromatic nitrogens is 3. The molecule has 0 radical (unpaired) electrons. The van der Waals surface area contributed by atoms with Crippen LogP contribution in [0.5, 0.6) is 5.88 Å². The van der Waals surface area contributed by atoms with E-state index in [0.717, 1.165) is 0 Å². The van der Waals surface area contributed by atoms with Crippen molar-refractivity contribution in [1.82, 2.24) is 20.2 Å². The van der Waals surface area contributed by atoms with Crippen molar-refractivity contribution >= 4 is 28.4 Å². The highest BCUT2D eigenvalue weighted by Gasteiger charge is 2.13. The van der Waals surface area contributed by atoms with Crippen LogP contribution in [-0.2, 0) is 16.2 Å². The summed E-state index contributed by atoms with van der Waals surface area (Å²) < 4.78 is 6.89. The molecule has 0 unspecified atom stereocenters. The molecule has 0 saturated heterocycles. The van der Waals surface area contributed by atoms with Gasteiger partial charge in [0, 0.05) is 6.07 Å². The molecule has 0 saturated carbocycles. The van der Waals surface area contributed by atoms with Gasteiger partial charge in [0.1, 0.15) is 11.7 Å². The van der Waals surface area contributed by atoms with Gasteiger partial charge in [0.15, 0.2) is 0 Å². The zero-order valence-corrected chi connectivity index (χ0v) is 11.3. The molecule has 2 aromatic heterocycles. The predicted octanol–water partition coefficient (Wildman–Crippen LogP) is 1.16. The molecular weight excluding hydrogens is 272 g/mol. The van der Waals surface area contributed by atoms with Crippen LogP contribution in [0, 0.1) is 0 Å². The van der Waals surface area contributed by atoms with Crippen molar-refractivity contribution in [2.24, 2.45) is 0 Å². The van der Waals surface area contributed by atoms with Crippen LogP contribution in [-0.4, -0.2) is 34.4 Å². The zero-order chi connectivity index (χ0) is 13.8. The summed E-state index contributed by atoms with van der Waals surface area (Å²) in [5.74, 6) is 0.0850. The lowest BCUT2D eigenvalue weighted by molar-refractivity contribution is -0.132. The fraction of sp³-hybridized carbons (Fsp3) is 0.364. The van der Waals surface area contributed by atoms with Crippen molar-refractivity contribution in [3.05, 3.63) is 17.4 Å². The lowest BCUT2D eigenvalue weighted by Gasteiger charge is -2.06. The molecule has 7 nitrogen and oxygen atoms in total. The number of hydrogen-bond donors (Lipinski definition) is 1. The van der Waals surface area contributed by atoms with Gasteiger partial charge in [-0.05, 0) is 6.92 Å². The quantitative estimate of drug-likeness (QED) is 0.658. The molecule has 8 heteroatoms. The number of amides is 1. The molecule has 0 bridgehead atoms. The molecule has 2 aromatic rings. The standard InChI is InChI=1S/C11H13ClN4O3/c1-3-19-11-7-5-13-16(6-10(17)15-18-2)8(7)4-9(12)14-11/h4-5H,3,6H2,1-2H3,(H,15,17). The van der Waals surface area contributed by atoms with E-state index in [1.165, 1.54) is 11.8 Å². The number of rotatable bonds is 5. The van der Waals surface area contributed by atoms with Crippen molar-refractivity contribution in [1.29, 1.82) is 0 Å². The first-order valence-electron chi connectivity index (χ1n) is 5.62. The number of halogens is 1. The lowest BCUT2D eigenvalue weighted by atomic mass is 10.3. The second kappa shape index (κ2) is 5.85.